The SMILES string of the molecule is CCCC1(CNC=O)CC1. The zero-order chi connectivity index (χ0) is 7.45. The Morgan fingerprint density at radius 2 is 2.30 bits per heavy atom. The molecule has 0 aromatic rings. The van der Waals surface area contributed by atoms with Gasteiger partial charge in [0, 0.05) is 6.54 Å². The molecule has 1 aliphatic rings. The second-order valence-electron chi connectivity index (χ2n) is 3.25. The molecule has 0 saturated heterocycles. The van der Waals surface area contributed by atoms with Crippen LogP contribution < -0.4 is 5.32 Å². The molecule has 0 aromatic carbocycles. The normalized spacial score (nSPS) is 20.1. The molecular weight excluding hydrogens is 126 g/mol. The van der Waals surface area contributed by atoms with Crippen molar-refractivity contribution in [1.29, 1.82) is 0 Å². The highest BCUT2D eigenvalue weighted by atomic mass is 16.1. The van der Waals surface area contributed by atoms with Gasteiger partial charge in [0.2, 0.25) is 6.41 Å². The molecule has 1 amide bonds. The van der Waals surface area contributed by atoms with Gasteiger partial charge in [-0.05, 0) is 24.7 Å². The molecule has 0 aliphatic heterocycles. The molecule has 2 heteroatoms. The lowest BCUT2D eigenvalue weighted by Gasteiger charge is -2.11. The summed E-state index contributed by atoms with van der Waals surface area (Å²) in [4.78, 5) is 9.97. The Morgan fingerprint density at radius 1 is 1.60 bits per heavy atom. The van der Waals surface area contributed by atoms with Gasteiger partial charge in [-0.15, -0.1) is 0 Å². The fraction of sp³-hybridized carbons (Fsp3) is 0.875. The quantitative estimate of drug-likeness (QED) is 0.575. The number of rotatable bonds is 5. The van der Waals surface area contributed by atoms with Crippen molar-refractivity contribution in [3.63, 3.8) is 0 Å². The number of hydrogen-bond acceptors (Lipinski definition) is 1. The Bertz CT molecular complexity index is 118. The highest BCUT2D eigenvalue weighted by Crippen LogP contribution is 2.48. The number of amides is 1. The summed E-state index contributed by atoms with van der Waals surface area (Å²) in [6.07, 6.45) is 5.92. The molecule has 0 aromatic heterocycles. The molecule has 1 fully saturated rings. The number of nitrogens with one attached hydrogen (secondary N) is 1. The molecular formula is C8H15NO. The average molecular weight is 141 g/mol. The van der Waals surface area contributed by atoms with Crippen LogP contribution in [0.2, 0.25) is 0 Å². The summed E-state index contributed by atoms with van der Waals surface area (Å²) in [7, 11) is 0. The third-order valence-electron chi connectivity index (χ3n) is 2.30. The first-order chi connectivity index (χ1) is 4.83. The van der Waals surface area contributed by atoms with Crippen LogP contribution in [0.5, 0.6) is 0 Å². The lowest BCUT2D eigenvalue weighted by atomic mass is 10.0. The molecule has 1 rings (SSSR count). The van der Waals surface area contributed by atoms with Crippen LogP contribution >= 0.6 is 0 Å². The van der Waals surface area contributed by atoms with Crippen LogP contribution in [0.15, 0.2) is 0 Å². The van der Waals surface area contributed by atoms with Gasteiger partial charge < -0.3 is 5.32 Å². The fourth-order valence-corrected chi connectivity index (χ4v) is 1.48. The first kappa shape index (κ1) is 7.58. The Labute approximate surface area is 62.0 Å². The molecule has 1 N–H and O–H groups in total. The van der Waals surface area contributed by atoms with E-state index in [1.807, 2.05) is 0 Å². The second kappa shape index (κ2) is 3.04. The molecule has 1 saturated carbocycles. The Morgan fingerprint density at radius 3 is 2.70 bits per heavy atom. The van der Waals surface area contributed by atoms with Crippen LogP contribution in [0.25, 0.3) is 0 Å². The molecule has 0 atom stereocenters. The molecule has 10 heavy (non-hydrogen) atoms. The van der Waals surface area contributed by atoms with E-state index in [0.29, 0.717) is 5.41 Å². The minimum absolute atomic E-state index is 0.510. The average Bonchev–Trinajstić information content (AvgIpc) is 2.67. The minimum Gasteiger partial charge on any atom is -0.358 e. The molecule has 0 unspecified atom stereocenters. The maximum absolute atomic E-state index is 9.97. The van der Waals surface area contributed by atoms with Gasteiger partial charge in [0.15, 0.2) is 0 Å². The Kier molecular flexibility index (Phi) is 2.30. The Balaban J connectivity index is 2.16. The molecule has 58 valence electrons. The van der Waals surface area contributed by atoms with Crippen molar-refractivity contribution in [2.45, 2.75) is 32.6 Å². The fourth-order valence-electron chi connectivity index (χ4n) is 1.48. The number of hydrogen-bond donors (Lipinski definition) is 1. The van der Waals surface area contributed by atoms with Crippen molar-refractivity contribution in [3.05, 3.63) is 0 Å². The smallest absolute Gasteiger partial charge is 0.207 e. The first-order valence-electron chi connectivity index (χ1n) is 4.00. The van der Waals surface area contributed by atoms with E-state index in [9.17, 15) is 4.79 Å². The molecule has 0 bridgehead atoms. The zero-order valence-electron chi connectivity index (χ0n) is 6.52. The maximum atomic E-state index is 9.97. The molecule has 0 spiro atoms. The molecule has 1 aliphatic carbocycles. The van der Waals surface area contributed by atoms with Crippen LogP contribution in [0.1, 0.15) is 32.6 Å². The Hall–Kier alpha value is -0.530. The predicted molar refractivity (Wildman–Crippen MR) is 40.6 cm³/mol. The lowest BCUT2D eigenvalue weighted by molar-refractivity contribution is -0.109. The second-order valence-corrected chi connectivity index (χ2v) is 3.25. The van der Waals surface area contributed by atoms with E-state index in [-0.39, 0.29) is 0 Å². The first-order valence-corrected chi connectivity index (χ1v) is 4.00. The van der Waals surface area contributed by atoms with Crippen molar-refractivity contribution >= 4 is 6.41 Å². The summed E-state index contributed by atoms with van der Waals surface area (Å²) >= 11 is 0. The highest BCUT2D eigenvalue weighted by Gasteiger charge is 2.40. The van der Waals surface area contributed by atoms with Crippen LogP contribution in [0.4, 0.5) is 0 Å². The van der Waals surface area contributed by atoms with E-state index in [0.717, 1.165) is 13.0 Å². The monoisotopic (exact) mass is 141 g/mol. The molecule has 0 radical (unpaired) electrons. The van der Waals surface area contributed by atoms with Gasteiger partial charge >= 0.3 is 0 Å². The zero-order valence-corrected chi connectivity index (χ0v) is 6.52. The van der Waals surface area contributed by atoms with Crippen LogP contribution in [-0.4, -0.2) is 13.0 Å². The summed E-state index contributed by atoms with van der Waals surface area (Å²) in [6.45, 7) is 3.09. The lowest BCUT2D eigenvalue weighted by Crippen LogP contribution is -2.22. The van der Waals surface area contributed by atoms with Crippen LogP contribution in [0, 0.1) is 5.41 Å². The van der Waals surface area contributed by atoms with E-state index in [1.165, 1.54) is 25.7 Å². The van der Waals surface area contributed by atoms with Crippen LogP contribution in [0.3, 0.4) is 0 Å². The number of carbonyl (C=O) groups excluding carboxylic acids is 1. The van der Waals surface area contributed by atoms with E-state index in [2.05, 4.69) is 12.2 Å². The van der Waals surface area contributed by atoms with Gasteiger partial charge in [0.25, 0.3) is 0 Å². The number of carbonyl (C=O) groups is 1. The summed E-state index contributed by atoms with van der Waals surface area (Å²) in [6, 6.07) is 0. The summed E-state index contributed by atoms with van der Waals surface area (Å²) in [5, 5.41) is 2.76. The van der Waals surface area contributed by atoms with Gasteiger partial charge in [-0.3, -0.25) is 4.79 Å². The minimum atomic E-state index is 0.510. The van der Waals surface area contributed by atoms with Crippen LogP contribution in [-0.2, 0) is 4.79 Å². The van der Waals surface area contributed by atoms with Crippen molar-refractivity contribution in [2.75, 3.05) is 6.54 Å². The standard InChI is InChI=1S/C8H15NO/c1-2-3-8(4-5-8)6-9-7-10/h7H,2-6H2,1H3,(H,9,10). The highest BCUT2D eigenvalue weighted by molar-refractivity contribution is 5.46. The van der Waals surface area contributed by atoms with E-state index >= 15 is 0 Å². The van der Waals surface area contributed by atoms with Gasteiger partial charge in [-0.25, -0.2) is 0 Å². The van der Waals surface area contributed by atoms with Gasteiger partial charge in [-0.2, -0.15) is 0 Å². The van der Waals surface area contributed by atoms with Gasteiger partial charge in [0.1, 0.15) is 0 Å². The third kappa shape index (κ3) is 1.72. The third-order valence-corrected chi connectivity index (χ3v) is 2.30. The van der Waals surface area contributed by atoms with Crippen molar-refractivity contribution in [2.24, 2.45) is 5.41 Å². The van der Waals surface area contributed by atoms with Crippen molar-refractivity contribution in [1.82, 2.24) is 5.32 Å². The maximum Gasteiger partial charge on any atom is 0.207 e. The van der Waals surface area contributed by atoms with Gasteiger partial charge in [0.05, 0.1) is 0 Å². The van der Waals surface area contributed by atoms with Crippen molar-refractivity contribution in [3.8, 4) is 0 Å². The largest absolute Gasteiger partial charge is 0.358 e. The summed E-state index contributed by atoms with van der Waals surface area (Å²) in [5.41, 5.74) is 0.510. The molecule has 0 heterocycles. The van der Waals surface area contributed by atoms with E-state index < -0.39 is 0 Å². The summed E-state index contributed by atoms with van der Waals surface area (Å²) < 4.78 is 0. The van der Waals surface area contributed by atoms with Gasteiger partial charge in [-0.1, -0.05) is 13.3 Å². The van der Waals surface area contributed by atoms with Crippen molar-refractivity contribution < 1.29 is 4.79 Å². The van der Waals surface area contributed by atoms with E-state index in [4.69, 9.17) is 0 Å². The topological polar surface area (TPSA) is 29.1 Å². The van der Waals surface area contributed by atoms with E-state index in [1.54, 1.807) is 0 Å². The predicted octanol–water partition coefficient (Wildman–Crippen LogP) is 1.31. The molecule has 2 nitrogen and oxygen atoms in total. The summed E-state index contributed by atoms with van der Waals surface area (Å²) in [5.74, 6) is 0.